The van der Waals surface area contributed by atoms with E-state index >= 15 is 0 Å². The predicted octanol–water partition coefficient (Wildman–Crippen LogP) is 7.60. The summed E-state index contributed by atoms with van der Waals surface area (Å²) in [5.41, 5.74) is 4.54. The van der Waals surface area contributed by atoms with Gasteiger partial charge in [-0.1, -0.05) is 0 Å². The van der Waals surface area contributed by atoms with E-state index in [1.54, 1.807) is 3.59 Å². The van der Waals surface area contributed by atoms with Gasteiger partial charge in [0.05, 0.1) is 0 Å². The van der Waals surface area contributed by atoms with Gasteiger partial charge < -0.3 is 0 Å². The van der Waals surface area contributed by atoms with Gasteiger partial charge in [0.25, 0.3) is 0 Å². The Balaban J connectivity index is 2.62. The Kier molecular flexibility index (Phi) is 11.9. The van der Waals surface area contributed by atoms with Crippen LogP contribution >= 0.6 is 0 Å². The Morgan fingerprint density at radius 1 is 0.677 bits per heavy atom. The number of unbranched alkanes of at least 4 members (excludes halogenated alkanes) is 3. The summed E-state index contributed by atoms with van der Waals surface area (Å²) in [5, 5.41) is 19.0. The van der Waals surface area contributed by atoms with Crippen molar-refractivity contribution < 1.29 is 10.2 Å². The Bertz CT molecular complexity index is 756. The topological polar surface area (TPSA) is 40.5 Å². The van der Waals surface area contributed by atoms with Gasteiger partial charge in [-0.05, 0) is 0 Å². The van der Waals surface area contributed by atoms with Crippen LogP contribution in [0.25, 0.3) is 9.67 Å². The van der Waals surface area contributed by atoms with E-state index in [0.717, 1.165) is 11.1 Å². The first-order valence-corrected chi connectivity index (χ1v) is 19.7. The molecular weight excluding hydrogens is 487 g/mol. The minimum absolute atomic E-state index is 0.0894. The van der Waals surface area contributed by atoms with Gasteiger partial charge in [0.15, 0.2) is 0 Å². The molecule has 0 aromatic heterocycles. The number of hydrogen-bond acceptors (Lipinski definition) is 2. The molecule has 0 fully saturated rings. The molecule has 0 aliphatic heterocycles. The summed E-state index contributed by atoms with van der Waals surface area (Å²) in [4.78, 5) is 0. The summed E-state index contributed by atoms with van der Waals surface area (Å²) < 4.78 is 5.92. The van der Waals surface area contributed by atoms with Crippen molar-refractivity contribution >= 4 is 28.0 Å². The fourth-order valence-electron chi connectivity index (χ4n) is 4.54. The molecule has 0 unspecified atom stereocenters. The second kappa shape index (κ2) is 14.1. The molecule has 0 saturated heterocycles. The van der Waals surface area contributed by atoms with E-state index in [9.17, 15) is 10.2 Å². The number of hydrogen-bond donors (Lipinski definition) is 2. The van der Waals surface area contributed by atoms with Crippen molar-refractivity contribution in [3.05, 3.63) is 70.8 Å². The van der Waals surface area contributed by atoms with Crippen molar-refractivity contribution in [2.75, 3.05) is 0 Å². The van der Waals surface area contributed by atoms with Gasteiger partial charge in [0.2, 0.25) is 0 Å². The van der Waals surface area contributed by atoms with Crippen molar-refractivity contribution in [3.8, 4) is 0 Å². The Labute approximate surface area is 194 Å². The summed E-state index contributed by atoms with van der Waals surface area (Å²) >= 11 is -2.67. The van der Waals surface area contributed by atoms with Gasteiger partial charge in [-0.15, -0.1) is 0 Å². The summed E-state index contributed by atoms with van der Waals surface area (Å²) in [6, 6.07) is 17.1. The first-order valence-electron chi connectivity index (χ1n) is 12.2. The van der Waals surface area contributed by atoms with Crippen LogP contribution in [0.2, 0.25) is 13.3 Å². The van der Waals surface area contributed by atoms with Crippen LogP contribution in [0.4, 0.5) is 0 Å². The summed E-state index contributed by atoms with van der Waals surface area (Å²) in [7, 11) is 0. The van der Waals surface area contributed by atoms with E-state index < -0.39 is 18.4 Å². The SMILES string of the molecule is CCC[CH2][Sn]([CH2]CCC)([CH2]CCC)/[C](=C/c1ccc(CO)cc1)c1ccc(CO)cc1. The van der Waals surface area contributed by atoms with Crippen molar-refractivity contribution in [2.45, 2.75) is 85.8 Å². The maximum absolute atomic E-state index is 9.54. The van der Waals surface area contributed by atoms with E-state index in [1.807, 2.05) is 12.1 Å². The minimum atomic E-state index is -2.67. The number of rotatable bonds is 14. The van der Waals surface area contributed by atoms with Crippen LogP contribution < -0.4 is 0 Å². The quantitative estimate of drug-likeness (QED) is 0.196. The molecule has 0 aliphatic carbocycles. The summed E-state index contributed by atoms with van der Waals surface area (Å²) in [5.74, 6) is 0. The monoisotopic (exact) mass is 530 g/mol. The van der Waals surface area contributed by atoms with E-state index in [0.29, 0.717) is 0 Å². The van der Waals surface area contributed by atoms with Gasteiger partial charge in [-0.25, -0.2) is 0 Å². The second-order valence-corrected chi connectivity index (χ2v) is 22.0. The molecule has 0 saturated carbocycles. The Morgan fingerprint density at radius 2 is 1.10 bits per heavy atom. The van der Waals surface area contributed by atoms with Crippen LogP contribution in [0, 0.1) is 0 Å². The predicted molar refractivity (Wildman–Crippen MR) is 137 cm³/mol. The summed E-state index contributed by atoms with van der Waals surface area (Å²) in [6.07, 6.45) is 10.3. The van der Waals surface area contributed by atoms with Crippen LogP contribution in [0.1, 0.15) is 81.5 Å². The van der Waals surface area contributed by atoms with Gasteiger partial charge in [-0.3, -0.25) is 0 Å². The maximum atomic E-state index is 9.54. The number of aliphatic hydroxyl groups excluding tert-OH is 2. The number of benzene rings is 2. The van der Waals surface area contributed by atoms with Crippen molar-refractivity contribution in [1.82, 2.24) is 0 Å². The molecule has 3 heteroatoms. The third-order valence-electron chi connectivity index (χ3n) is 6.52. The molecule has 0 atom stereocenters. The molecule has 0 spiro atoms. The molecular formula is C28H42O2Sn. The van der Waals surface area contributed by atoms with E-state index in [4.69, 9.17) is 0 Å². The third-order valence-corrected chi connectivity index (χ3v) is 22.2. The molecule has 2 nitrogen and oxygen atoms in total. The number of aliphatic hydroxyl groups is 2. The molecule has 2 aromatic carbocycles. The fourth-order valence-corrected chi connectivity index (χ4v) is 21.4. The molecule has 31 heavy (non-hydrogen) atoms. The Hall–Kier alpha value is -1.10. The van der Waals surface area contributed by atoms with Crippen molar-refractivity contribution in [2.24, 2.45) is 0 Å². The molecule has 2 aromatic rings. The van der Waals surface area contributed by atoms with Crippen LogP contribution in [-0.2, 0) is 13.2 Å². The van der Waals surface area contributed by atoms with Crippen molar-refractivity contribution in [1.29, 1.82) is 0 Å². The average Bonchev–Trinajstić information content (AvgIpc) is 2.83. The summed E-state index contributed by atoms with van der Waals surface area (Å²) in [6.45, 7) is 7.15. The fraction of sp³-hybridized carbons (Fsp3) is 0.500. The van der Waals surface area contributed by atoms with Gasteiger partial charge in [0, 0.05) is 0 Å². The van der Waals surface area contributed by atoms with Crippen LogP contribution in [0.5, 0.6) is 0 Å². The zero-order valence-electron chi connectivity index (χ0n) is 19.9. The van der Waals surface area contributed by atoms with Gasteiger partial charge in [0.1, 0.15) is 0 Å². The normalized spacial score (nSPS) is 12.4. The van der Waals surface area contributed by atoms with Crippen LogP contribution in [0.3, 0.4) is 0 Å². The van der Waals surface area contributed by atoms with Crippen LogP contribution in [0.15, 0.2) is 48.5 Å². The van der Waals surface area contributed by atoms with E-state index in [-0.39, 0.29) is 13.2 Å². The zero-order valence-corrected chi connectivity index (χ0v) is 22.7. The van der Waals surface area contributed by atoms with E-state index in [2.05, 4.69) is 63.2 Å². The third kappa shape index (κ3) is 7.76. The molecule has 0 heterocycles. The first kappa shape index (κ1) is 26.2. The molecule has 0 bridgehead atoms. The van der Waals surface area contributed by atoms with Gasteiger partial charge in [-0.2, -0.15) is 0 Å². The standard InChI is InChI=1S/C16H15O2.3C4H9.Sn/c17-11-15-7-3-13(4-8-15)1-2-14-5-9-16(12-18)10-6-14;3*1-3-4-2;/h1,3-10,17-18H,11-12H2;3*1,3-4H2,2H3;. The average molecular weight is 529 g/mol. The Morgan fingerprint density at radius 3 is 1.48 bits per heavy atom. The molecule has 0 amide bonds. The van der Waals surface area contributed by atoms with Gasteiger partial charge >= 0.3 is 195 Å². The molecule has 2 N–H and O–H groups in total. The molecule has 2 rings (SSSR count). The zero-order chi connectivity index (χ0) is 22.5. The molecule has 170 valence electrons. The van der Waals surface area contributed by atoms with Crippen molar-refractivity contribution in [3.63, 3.8) is 0 Å². The van der Waals surface area contributed by atoms with E-state index in [1.165, 1.54) is 63.0 Å². The second-order valence-electron chi connectivity index (χ2n) is 8.90. The molecule has 0 radical (unpaired) electrons. The first-order chi connectivity index (χ1) is 15.1. The molecule has 0 aliphatic rings. The van der Waals surface area contributed by atoms with Crippen LogP contribution in [-0.4, -0.2) is 28.6 Å².